The van der Waals surface area contributed by atoms with E-state index in [1.807, 2.05) is 6.07 Å². The number of hydrogen-bond donors (Lipinski definition) is 0. The molecule has 0 radical (unpaired) electrons. The molecule has 0 saturated heterocycles. The first-order valence-electron chi connectivity index (χ1n) is 15.9. The van der Waals surface area contributed by atoms with E-state index in [0.29, 0.717) is 0 Å². The lowest BCUT2D eigenvalue weighted by Gasteiger charge is -2.32. The number of fused-ring (bicyclic) bond motifs is 7. The Balaban J connectivity index is 1.26. The predicted octanol–water partition coefficient (Wildman–Crippen LogP) is 12.2. The van der Waals surface area contributed by atoms with Crippen LogP contribution in [-0.4, -0.2) is 0 Å². The van der Waals surface area contributed by atoms with Gasteiger partial charge in [-0.05, 0) is 106 Å². The molecule has 2 nitrogen and oxygen atoms in total. The van der Waals surface area contributed by atoms with Crippen LogP contribution in [0.15, 0.2) is 144 Å². The number of rotatable bonds is 4. The number of hydrogen-bond acceptors (Lipinski definition) is 2. The monoisotopic (exact) mass is 579 g/mol. The van der Waals surface area contributed by atoms with Crippen LogP contribution < -0.4 is 4.90 Å². The fraction of sp³-hybridized carbons (Fsp3) is 0.116. The first-order valence-corrected chi connectivity index (χ1v) is 15.9. The van der Waals surface area contributed by atoms with Crippen molar-refractivity contribution in [3.63, 3.8) is 0 Å². The van der Waals surface area contributed by atoms with Gasteiger partial charge in [0.15, 0.2) is 0 Å². The van der Waals surface area contributed by atoms with Crippen molar-refractivity contribution >= 4 is 55.3 Å². The molecule has 1 aromatic heterocycles. The Morgan fingerprint density at radius 2 is 1.42 bits per heavy atom. The minimum absolute atomic E-state index is 0.235. The molecule has 0 fully saturated rings. The van der Waals surface area contributed by atoms with E-state index in [2.05, 4.69) is 152 Å². The Kier molecular flexibility index (Phi) is 5.70. The van der Waals surface area contributed by atoms with E-state index in [0.717, 1.165) is 35.4 Å². The van der Waals surface area contributed by atoms with Crippen LogP contribution in [0.4, 0.5) is 17.1 Å². The van der Waals surface area contributed by atoms with Gasteiger partial charge in [-0.2, -0.15) is 0 Å². The highest BCUT2D eigenvalue weighted by atomic mass is 16.3. The SMILES string of the molecule is CC1(C)c2cc3oc4ccccc4c3cc2-c2cccc(N(c3ccc(C4=CCCC=C4)cc3)c3ccc4ccccc4c3)c21. The molecule has 2 aliphatic rings. The molecule has 0 atom stereocenters. The second-order valence-electron chi connectivity index (χ2n) is 12.9. The molecule has 216 valence electrons. The summed E-state index contributed by atoms with van der Waals surface area (Å²) in [6, 6.07) is 44.4. The molecule has 0 unspecified atom stereocenters. The van der Waals surface area contributed by atoms with Crippen LogP contribution in [0.5, 0.6) is 0 Å². The van der Waals surface area contributed by atoms with Crippen molar-refractivity contribution in [3.8, 4) is 11.1 Å². The van der Waals surface area contributed by atoms with Gasteiger partial charge in [0, 0.05) is 27.6 Å². The summed E-state index contributed by atoms with van der Waals surface area (Å²) in [6.07, 6.45) is 9.10. The Morgan fingerprint density at radius 1 is 0.622 bits per heavy atom. The summed E-state index contributed by atoms with van der Waals surface area (Å²) in [5.41, 5.74) is 12.9. The van der Waals surface area contributed by atoms with Crippen LogP contribution in [0.2, 0.25) is 0 Å². The van der Waals surface area contributed by atoms with Crippen molar-refractivity contribution in [3.05, 3.63) is 156 Å². The van der Waals surface area contributed by atoms with Gasteiger partial charge in [-0.15, -0.1) is 0 Å². The Bertz CT molecular complexity index is 2350. The standard InChI is InChI=1S/C43H33NO/c1-43(2)38-27-41-37(34-15-8-9-18-40(34)45-41)26-36(38)35-16-10-17-39(42(35)43)44(33-24-21-29-13-6-7-14-31(29)25-33)32-22-19-30(20-23-32)28-11-4-3-5-12-28/h4,6-27H,3,5H2,1-2H3. The highest BCUT2D eigenvalue weighted by Crippen LogP contribution is 2.55. The molecule has 0 N–H and O–H groups in total. The zero-order valence-corrected chi connectivity index (χ0v) is 25.5. The maximum Gasteiger partial charge on any atom is 0.135 e. The third kappa shape index (κ3) is 4.02. The van der Waals surface area contributed by atoms with Crippen LogP contribution in [-0.2, 0) is 5.41 Å². The van der Waals surface area contributed by atoms with Crippen molar-refractivity contribution in [2.75, 3.05) is 4.90 Å². The Hall–Kier alpha value is -5.34. The first-order chi connectivity index (χ1) is 22.1. The molecule has 9 rings (SSSR count). The number of anilines is 3. The van der Waals surface area contributed by atoms with E-state index in [9.17, 15) is 0 Å². The predicted molar refractivity (Wildman–Crippen MR) is 190 cm³/mol. The average Bonchev–Trinajstić information content (AvgIpc) is 3.56. The van der Waals surface area contributed by atoms with Crippen molar-refractivity contribution in [1.82, 2.24) is 0 Å². The van der Waals surface area contributed by atoms with Crippen LogP contribution in [0, 0.1) is 0 Å². The van der Waals surface area contributed by atoms with Crippen LogP contribution in [0.25, 0.3) is 49.4 Å². The quantitative estimate of drug-likeness (QED) is 0.206. The molecule has 0 spiro atoms. The van der Waals surface area contributed by atoms with E-state index < -0.39 is 0 Å². The summed E-state index contributed by atoms with van der Waals surface area (Å²) in [7, 11) is 0. The summed E-state index contributed by atoms with van der Waals surface area (Å²) >= 11 is 0. The molecular weight excluding hydrogens is 546 g/mol. The van der Waals surface area contributed by atoms with Crippen molar-refractivity contribution in [2.24, 2.45) is 0 Å². The van der Waals surface area contributed by atoms with Gasteiger partial charge < -0.3 is 9.32 Å². The topological polar surface area (TPSA) is 16.4 Å². The van der Waals surface area contributed by atoms with Gasteiger partial charge in [-0.3, -0.25) is 0 Å². The zero-order chi connectivity index (χ0) is 30.1. The van der Waals surface area contributed by atoms with Gasteiger partial charge in [0.25, 0.3) is 0 Å². The number of nitrogens with zero attached hydrogens (tertiary/aromatic N) is 1. The fourth-order valence-electron chi connectivity index (χ4n) is 7.63. The first kappa shape index (κ1) is 26.1. The minimum Gasteiger partial charge on any atom is -0.456 e. The third-order valence-electron chi connectivity index (χ3n) is 9.83. The summed E-state index contributed by atoms with van der Waals surface area (Å²) in [6.45, 7) is 4.72. The van der Waals surface area contributed by atoms with Gasteiger partial charge in [0.1, 0.15) is 11.2 Å². The van der Waals surface area contributed by atoms with Gasteiger partial charge in [0.2, 0.25) is 0 Å². The van der Waals surface area contributed by atoms with Crippen LogP contribution in [0.3, 0.4) is 0 Å². The van der Waals surface area contributed by atoms with Crippen molar-refractivity contribution in [2.45, 2.75) is 32.1 Å². The molecule has 7 aromatic rings. The molecular formula is C43H33NO. The summed E-state index contributed by atoms with van der Waals surface area (Å²) in [5.74, 6) is 0. The molecule has 2 heteroatoms. The Morgan fingerprint density at radius 3 is 2.27 bits per heavy atom. The maximum absolute atomic E-state index is 6.37. The normalized spacial score (nSPS) is 14.9. The van der Waals surface area contributed by atoms with Crippen LogP contribution in [0.1, 0.15) is 43.4 Å². The summed E-state index contributed by atoms with van der Waals surface area (Å²) in [5, 5.41) is 4.81. The molecule has 0 bridgehead atoms. The molecule has 45 heavy (non-hydrogen) atoms. The van der Waals surface area contributed by atoms with Gasteiger partial charge in [-0.25, -0.2) is 0 Å². The number of allylic oxidation sites excluding steroid dienone is 4. The largest absolute Gasteiger partial charge is 0.456 e. The number of furan rings is 1. The lowest BCUT2D eigenvalue weighted by molar-refractivity contribution is 0.647. The number of para-hydroxylation sites is 1. The zero-order valence-electron chi connectivity index (χ0n) is 25.5. The van der Waals surface area contributed by atoms with Gasteiger partial charge >= 0.3 is 0 Å². The lowest BCUT2D eigenvalue weighted by Crippen LogP contribution is -2.20. The second kappa shape index (κ2) is 9.84. The molecule has 0 aliphatic heterocycles. The molecule has 6 aromatic carbocycles. The van der Waals surface area contributed by atoms with E-state index >= 15 is 0 Å². The van der Waals surface area contributed by atoms with E-state index in [1.165, 1.54) is 60.6 Å². The molecule has 2 aliphatic carbocycles. The highest BCUT2D eigenvalue weighted by molar-refractivity contribution is 6.08. The van der Waals surface area contributed by atoms with E-state index in [4.69, 9.17) is 4.42 Å². The van der Waals surface area contributed by atoms with E-state index in [-0.39, 0.29) is 5.41 Å². The molecule has 0 saturated carbocycles. The fourth-order valence-corrected chi connectivity index (χ4v) is 7.63. The van der Waals surface area contributed by atoms with E-state index in [1.54, 1.807) is 0 Å². The Labute approximate surface area is 263 Å². The van der Waals surface area contributed by atoms with Gasteiger partial charge in [0.05, 0.1) is 5.69 Å². The second-order valence-corrected chi connectivity index (χ2v) is 12.9. The van der Waals surface area contributed by atoms with Crippen LogP contribution >= 0.6 is 0 Å². The summed E-state index contributed by atoms with van der Waals surface area (Å²) in [4.78, 5) is 2.45. The minimum atomic E-state index is -0.235. The van der Waals surface area contributed by atoms with Crippen molar-refractivity contribution < 1.29 is 4.42 Å². The smallest absolute Gasteiger partial charge is 0.135 e. The highest BCUT2D eigenvalue weighted by Gasteiger charge is 2.39. The summed E-state index contributed by atoms with van der Waals surface area (Å²) < 4.78 is 6.37. The molecule has 0 amide bonds. The maximum atomic E-state index is 6.37. The average molecular weight is 580 g/mol. The number of benzene rings is 6. The molecule has 1 heterocycles. The van der Waals surface area contributed by atoms with Crippen molar-refractivity contribution in [1.29, 1.82) is 0 Å². The lowest BCUT2D eigenvalue weighted by atomic mass is 9.81. The third-order valence-corrected chi connectivity index (χ3v) is 9.83. The van der Waals surface area contributed by atoms with Gasteiger partial charge in [-0.1, -0.05) is 105 Å².